The van der Waals surface area contributed by atoms with Crippen molar-refractivity contribution in [2.75, 3.05) is 29.2 Å². The Morgan fingerprint density at radius 2 is 2.15 bits per heavy atom. The van der Waals surface area contributed by atoms with Gasteiger partial charge in [-0.2, -0.15) is 0 Å². The summed E-state index contributed by atoms with van der Waals surface area (Å²) < 4.78 is 22.5. The monoisotopic (exact) mass is 291 g/mol. The van der Waals surface area contributed by atoms with E-state index in [4.69, 9.17) is 0 Å². The fourth-order valence-electron chi connectivity index (χ4n) is 2.45. The number of fused-ring (bicyclic) bond motifs is 3. The van der Waals surface area contributed by atoms with Crippen LogP contribution in [0.5, 0.6) is 0 Å². The molecule has 0 amide bonds. The van der Waals surface area contributed by atoms with E-state index in [1.807, 2.05) is 30.5 Å². The SMILES string of the molecule is CS(=O)(=O)CCC1CNc2cnc3ccccc3c2N1. The molecular formula is C14H17N3O2S. The molecule has 1 aliphatic rings. The summed E-state index contributed by atoms with van der Waals surface area (Å²) in [4.78, 5) is 4.41. The normalized spacial score (nSPS) is 18.1. The Bertz CT molecular complexity index is 743. The molecule has 106 valence electrons. The van der Waals surface area contributed by atoms with E-state index in [9.17, 15) is 8.42 Å². The average Bonchev–Trinajstić information content (AvgIpc) is 2.44. The van der Waals surface area contributed by atoms with Crippen molar-refractivity contribution in [3.63, 3.8) is 0 Å². The lowest BCUT2D eigenvalue weighted by Gasteiger charge is -2.29. The second kappa shape index (κ2) is 4.94. The van der Waals surface area contributed by atoms with Crippen molar-refractivity contribution in [2.45, 2.75) is 12.5 Å². The number of sulfone groups is 1. The van der Waals surface area contributed by atoms with E-state index in [1.54, 1.807) is 0 Å². The summed E-state index contributed by atoms with van der Waals surface area (Å²) in [5, 5.41) is 7.82. The van der Waals surface area contributed by atoms with Gasteiger partial charge < -0.3 is 10.6 Å². The van der Waals surface area contributed by atoms with E-state index in [2.05, 4.69) is 15.6 Å². The molecule has 1 unspecified atom stereocenters. The lowest BCUT2D eigenvalue weighted by atomic mass is 10.1. The zero-order valence-electron chi connectivity index (χ0n) is 11.3. The van der Waals surface area contributed by atoms with Gasteiger partial charge in [0.15, 0.2) is 0 Å². The minimum Gasteiger partial charge on any atom is -0.380 e. The van der Waals surface area contributed by atoms with Crippen molar-refractivity contribution in [3.8, 4) is 0 Å². The Kier molecular flexibility index (Phi) is 3.25. The lowest BCUT2D eigenvalue weighted by Crippen LogP contribution is -2.34. The van der Waals surface area contributed by atoms with Crippen LogP contribution in [0.25, 0.3) is 10.9 Å². The van der Waals surface area contributed by atoms with Gasteiger partial charge in [0.1, 0.15) is 9.84 Å². The maximum Gasteiger partial charge on any atom is 0.147 e. The molecule has 0 spiro atoms. The van der Waals surface area contributed by atoms with Crippen LogP contribution in [0, 0.1) is 0 Å². The minimum atomic E-state index is -2.92. The first kappa shape index (κ1) is 13.2. The Labute approximate surface area is 118 Å². The lowest BCUT2D eigenvalue weighted by molar-refractivity contribution is 0.594. The molecule has 2 N–H and O–H groups in total. The number of nitrogens with one attached hydrogen (secondary N) is 2. The molecule has 5 nitrogen and oxygen atoms in total. The first-order chi connectivity index (χ1) is 9.53. The third-order valence-electron chi connectivity index (χ3n) is 3.50. The molecule has 6 heteroatoms. The Balaban J connectivity index is 1.88. The molecule has 0 radical (unpaired) electrons. The first-order valence-electron chi connectivity index (χ1n) is 6.59. The number of anilines is 2. The van der Waals surface area contributed by atoms with Crippen LogP contribution >= 0.6 is 0 Å². The highest BCUT2D eigenvalue weighted by molar-refractivity contribution is 7.90. The molecule has 2 heterocycles. The number of para-hydroxylation sites is 1. The van der Waals surface area contributed by atoms with Crippen LogP contribution in [-0.4, -0.2) is 38.0 Å². The molecule has 0 fully saturated rings. The quantitative estimate of drug-likeness (QED) is 0.903. The van der Waals surface area contributed by atoms with Gasteiger partial charge in [0.05, 0.1) is 28.8 Å². The third-order valence-corrected chi connectivity index (χ3v) is 4.48. The zero-order valence-corrected chi connectivity index (χ0v) is 12.1. The molecule has 0 bridgehead atoms. The summed E-state index contributed by atoms with van der Waals surface area (Å²) in [6.45, 7) is 0.711. The summed E-state index contributed by atoms with van der Waals surface area (Å²) >= 11 is 0. The second-order valence-electron chi connectivity index (χ2n) is 5.20. The van der Waals surface area contributed by atoms with Crippen molar-refractivity contribution in [2.24, 2.45) is 0 Å². The number of hydrogen-bond donors (Lipinski definition) is 2. The summed E-state index contributed by atoms with van der Waals surface area (Å²) in [6.07, 6.45) is 3.69. The van der Waals surface area contributed by atoms with Gasteiger partial charge in [0.25, 0.3) is 0 Å². The van der Waals surface area contributed by atoms with E-state index < -0.39 is 9.84 Å². The maximum absolute atomic E-state index is 11.3. The van der Waals surface area contributed by atoms with Gasteiger partial charge in [-0.3, -0.25) is 4.98 Å². The van der Waals surface area contributed by atoms with Crippen molar-refractivity contribution >= 4 is 32.1 Å². The van der Waals surface area contributed by atoms with Crippen LogP contribution in [0.4, 0.5) is 11.4 Å². The van der Waals surface area contributed by atoms with Gasteiger partial charge in [0.2, 0.25) is 0 Å². The Hall–Kier alpha value is -1.82. The number of benzene rings is 1. The molecular weight excluding hydrogens is 274 g/mol. The van der Waals surface area contributed by atoms with Crippen molar-refractivity contribution < 1.29 is 8.42 Å². The maximum atomic E-state index is 11.3. The molecule has 0 saturated heterocycles. The second-order valence-corrected chi connectivity index (χ2v) is 7.46. The molecule has 1 aliphatic heterocycles. The third kappa shape index (κ3) is 2.70. The highest BCUT2D eigenvalue weighted by atomic mass is 32.2. The smallest absolute Gasteiger partial charge is 0.147 e. The molecule has 2 aromatic rings. The molecule has 0 aliphatic carbocycles. The molecule has 1 atom stereocenters. The van der Waals surface area contributed by atoms with E-state index in [1.165, 1.54) is 6.26 Å². The van der Waals surface area contributed by atoms with E-state index >= 15 is 0 Å². The van der Waals surface area contributed by atoms with Gasteiger partial charge in [0, 0.05) is 24.2 Å². The first-order valence-corrected chi connectivity index (χ1v) is 8.65. The van der Waals surface area contributed by atoms with Crippen molar-refractivity contribution in [3.05, 3.63) is 30.5 Å². The predicted octanol–water partition coefficient (Wildman–Crippen LogP) is 1.88. The average molecular weight is 291 g/mol. The molecule has 20 heavy (non-hydrogen) atoms. The number of pyridine rings is 1. The topological polar surface area (TPSA) is 71.1 Å². The van der Waals surface area contributed by atoms with Gasteiger partial charge in [-0.1, -0.05) is 18.2 Å². The highest BCUT2D eigenvalue weighted by Crippen LogP contribution is 2.33. The summed E-state index contributed by atoms with van der Waals surface area (Å²) in [5.41, 5.74) is 2.92. The fraction of sp³-hybridized carbons (Fsp3) is 0.357. The van der Waals surface area contributed by atoms with Gasteiger partial charge in [-0.05, 0) is 12.5 Å². The number of aromatic nitrogens is 1. The largest absolute Gasteiger partial charge is 0.380 e. The highest BCUT2D eigenvalue weighted by Gasteiger charge is 2.20. The van der Waals surface area contributed by atoms with E-state index in [-0.39, 0.29) is 11.8 Å². The van der Waals surface area contributed by atoms with Gasteiger partial charge in [-0.25, -0.2) is 8.42 Å². The van der Waals surface area contributed by atoms with Gasteiger partial charge in [-0.15, -0.1) is 0 Å². The number of rotatable bonds is 3. The Morgan fingerprint density at radius 1 is 1.35 bits per heavy atom. The van der Waals surface area contributed by atoms with Crippen LogP contribution in [-0.2, 0) is 9.84 Å². The summed E-state index contributed by atoms with van der Waals surface area (Å²) in [5.74, 6) is 0.199. The van der Waals surface area contributed by atoms with Crippen LogP contribution in [0.3, 0.4) is 0 Å². The standard InChI is InChI=1S/C14H17N3O2S/c1-20(18,19)7-6-10-8-15-13-9-16-12-5-3-2-4-11(12)14(13)17-10/h2-5,9-10,15,17H,6-8H2,1H3. The molecule has 1 aromatic heterocycles. The zero-order chi connectivity index (χ0) is 14.2. The van der Waals surface area contributed by atoms with Crippen molar-refractivity contribution in [1.29, 1.82) is 0 Å². The predicted molar refractivity (Wildman–Crippen MR) is 82.0 cm³/mol. The van der Waals surface area contributed by atoms with Gasteiger partial charge >= 0.3 is 0 Å². The fourth-order valence-corrected chi connectivity index (χ4v) is 3.16. The summed E-state index contributed by atoms with van der Waals surface area (Å²) in [7, 11) is -2.92. The van der Waals surface area contributed by atoms with Crippen LogP contribution in [0.15, 0.2) is 30.5 Å². The van der Waals surface area contributed by atoms with Crippen LogP contribution in [0.1, 0.15) is 6.42 Å². The van der Waals surface area contributed by atoms with Crippen molar-refractivity contribution in [1.82, 2.24) is 4.98 Å². The van der Waals surface area contributed by atoms with E-state index in [0.717, 1.165) is 22.3 Å². The minimum absolute atomic E-state index is 0.114. The summed E-state index contributed by atoms with van der Waals surface area (Å²) in [6, 6.07) is 8.04. The molecule has 3 rings (SSSR count). The van der Waals surface area contributed by atoms with E-state index in [0.29, 0.717) is 13.0 Å². The molecule has 1 aromatic carbocycles. The Morgan fingerprint density at radius 3 is 2.95 bits per heavy atom. The van der Waals surface area contributed by atoms with Crippen LogP contribution < -0.4 is 10.6 Å². The van der Waals surface area contributed by atoms with Crippen LogP contribution in [0.2, 0.25) is 0 Å². The molecule has 0 saturated carbocycles. The number of hydrogen-bond acceptors (Lipinski definition) is 5. The number of nitrogens with zero attached hydrogens (tertiary/aromatic N) is 1.